The standard InChI is InChI=1S/C30H28O2/c1-2-3-4-5-6-7-8-21-19-32-30-22(21)11-12-26-24-13-15-27-25(23(24)14-16-28(26)30)10-9-20-17-18-31-29(20)27/h9-19H,2-8H2,1H3. The van der Waals surface area contributed by atoms with E-state index in [0.717, 1.165) is 23.0 Å². The van der Waals surface area contributed by atoms with E-state index in [9.17, 15) is 0 Å². The van der Waals surface area contributed by atoms with Crippen LogP contribution < -0.4 is 0 Å². The Bertz CT molecular complexity index is 1560. The van der Waals surface area contributed by atoms with E-state index >= 15 is 0 Å². The molecule has 0 fully saturated rings. The molecule has 4 aromatic carbocycles. The molecule has 6 aromatic rings. The van der Waals surface area contributed by atoms with Crippen LogP contribution in [0, 0.1) is 0 Å². The zero-order valence-corrected chi connectivity index (χ0v) is 18.6. The first-order valence-electron chi connectivity index (χ1n) is 12.0. The Balaban J connectivity index is 1.40. The molecule has 0 aliphatic heterocycles. The Hall–Kier alpha value is -3.26. The van der Waals surface area contributed by atoms with Crippen molar-refractivity contribution in [3.63, 3.8) is 0 Å². The van der Waals surface area contributed by atoms with E-state index in [4.69, 9.17) is 8.83 Å². The predicted octanol–water partition coefficient (Wildman–Crippen LogP) is 9.54. The second-order valence-electron chi connectivity index (χ2n) is 9.04. The molecule has 2 aromatic heterocycles. The van der Waals surface area contributed by atoms with Gasteiger partial charge < -0.3 is 8.83 Å². The van der Waals surface area contributed by atoms with Gasteiger partial charge in [0.1, 0.15) is 11.2 Å². The lowest BCUT2D eigenvalue weighted by molar-refractivity contribution is 0.594. The molecule has 0 N–H and O–H groups in total. The first kappa shape index (κ1) is 19.4. The van der Waals surface area contributed by atoms with Crippen LogP contribution in [-0.4, -0.2) is 0 Å². The van der Waals surface area contributed by atoms with Crippen LogP contribution in [0.5, 0.6) is 0 Å². The second-order valence-corrected chi connectivity index (χ2v) is 9.04. The molecule has 0 unspecified atom stereocenters. The van der Waals surface area contributed by atoms with Gasteiger partial charge in [0.15, 0.2) is 0 Å². The zero-order valence-electron chi connectivity index (χ0n) is 18.6. The molecule has 0 amide bonds. The van der Waals surface area contributed by atoms with E-state index in [2.05, 4.69) is 55.5 Å². The molecule has 2 heteroatoms. The summed E-state index contributed by atoms with van der Waals surface area (Å²) in [6, 6.07) is 19.8. The number of hydrogen-bond donors (Lipinski definition) is 0. The van der Waals surface area contributed by atoms with Crippen molar-refractivity contribution < 1.29 is 8.83 Å². The Labute approximate surface area is 187 Å². The molecule has 0 radical (unpaired) electrons. The van der Waals surface area contributed by atoms with Gasteiger partial charge in [0.05, 0.1) is 12.5 Å². The van der Waals surface area contributed by atoms with Crippen LogP contribution in [0.4, 0.5) is 0 Å². The summed E-state index contributed by atoms with van der Waals surface area (Å²) in [4.78, 5) is 0. The van der Waals surface area contributed by atoms with Crippen LogP contribution in [0.2, 0.25) is 0 Å². The highest BCUT2D eigenvalue weighted by atomic mass is 16.3. The van der Waals surface area contributed by atoms with Crippen molar-refractivity contribution >= 4 is 54.3 Å². The number of benzene rings is 4. The summed E-state index contributed by atoms with van der Waals surface area (Å²) in [5.74, 6) is 0. The summed E-state index contributed by atoms with van der Waals surface area (Å²) >= 11 is 0. The summed E-state index contributed by atoms with van der Waals surface area (Å²) < 4.78 is 11.9. The van der Waals surface area contributed by atoms with Crippen molar-refractivity contribution in [2.45, 2.75) is 51.9 Å². The monoisotopic (exact) mass is 420 g/mol. The van der Waals surface area contributed by atoms with E-state index in [1.54, 1.807) is 6.26 Å². The highest BCUT2D eigenvalue weighted by molar-refractivity contribution is 6.23. The maximum Gasteiger partial charge on any atom is 0.141 e. The van der Waals surface area contributed by atoms with E-state index in [1.807, 2.05) is 12.3 Å². The molecule has 0 aliphatic carbocycles. The lowest BCUT2D eigenvalue weighted by atomic mass is 9.95. The van der Waals surface area contributed by atoms with Gasteiger partial charge in [-0.05, 0) is 58.1 Å². The average Bonchev–Trinajstić information content (AvgIpc) is 3.48. The smallest absolute Gasteiger partial charge is 0.141 e. The summed E-state index contributed by atoms with van der Waals surface area (Å²) in [6.07, 6.45) is 12.8. The summed E-state index contributed by atoms with van der Waals surface area (Å²) in [6.45, 7) is 2.27. The van der Waals surface area contributed by atoms with Crippen LogP contribution in [0.3, 0.4) is 0 Å². The number of hydrogen-bond acceptors (Lipinski definition) is 2. The number of fused-ring (bicyclic) bond motifs is 9. The zero-order chi connectivity index (χ0) is 21.5. The Morgan fingerprint density at radius 1 is 0.531 bits per heavy atom. The maximum absolute atomic E-state index is 6.13. The summed E-state index contributed by atoms with van der Waals surface area (Å²) in [5.41, 5.74) is 3.33. The normalized spacial score (nSPS) is 12.2. The third-order valence-electron chi connectivity index (χ3n) is 7.02. The van der Waals surface area contributed by atoms with Crippen molar-refractivity contribution in [3.05, 3.63) is 72.7 Å². The van der Waals surface area contributed by atoms with Gasteiger partial charge >= 0.3 is 0 Å². The average molecular weight is 421 g/mol. The maximum atomic E-state index is 6.13. The first-order chi connectivity index (χ1) is 15.8. The lowest BCUT2D eigenvalue weighted by Gasteiger charge is -2.09. The van der Waals surface area contributed by atoms with Crippen molar-refractivity contribution in [2.75, 3.05) is 0 Å². The van der Waals surface area contributed by atoms with E-state index < -0.39 is 0 Å². The predicted molar refractivity (Wildman–Crippen MR) is 136 cm³/mol. The largest absolute Gasteiger partial charge is 0.464 e. The van der Waals surface area contributed by atoms with Crippen molar-refractivity contribution in [2.24, 2.45) is 0 Å². The molecule has 0 bridgehead atoms. The lowest BCUT2D eigenvalue weighted by Crippen LogP contribution is -1.86. The number of rotatable bonds is 7. The highest BCUT2D eigenvalue weighted by Crippen LogP contribution is 2.38. The van der Waals surface area contributed by atoms with Gasteiger partial charge in [-0.3, -0.25) is 0 Å². The quantitative estimate of drug-likeness (QED) is 0.190. The van der Waals surface area contributed by atoms with Gasteiger partial charge in [-0.25, -0.2) is 0 Å². The van der Waals surface area contributed by atoms with Gasteiger partial charge in [0, 0.05) is 21.5 Å². The second kappa shape index (κ2) is 8.02. The van der Waals surface area contributed by atoms with Crippen LogP contribution in [0.15, 0.2) is 76.0 Å². The number of aryl methyl sites for hydroxylation is 1. The minimum atomic E-state index is 0.963. The molecule has 2 heterocycles. The Kier molecular flexibility index (Phi) is 4.87. The number of unbranched alkanes of at least 4 members (excludes halogenated alkanes) is 5. The molecule has 160 valence electrons. The molecule has 0 saturated heterocycles. The fourth-order valence-electron chi connectivity index (χ4n) is 5.30. The van der Waals surface area contributed by atoms with Gasteiger partial charge in [-0.1, -0.05) is 75.4 Å². The minimum absolute atomic E-state index is 0.963. The van der Waals surface area contributed by atoms with Gasteiger partial charge in [-0.2, -0.15) is 0 Å². The van der Waals surface area contributed by atoms with Crippen LogP contribution in [0.1, 0.15) is 51.0 Å². The molecule has 32 heavy (non-hydrogen) atoms. The summed E-state index contributed by atoms with van der Waals surface area (Å²) in [7, 11) is 0. The molecule has 0 atom stereocenters. The van der Waals surface area contributed by atoms with Crippen molar-refractivity contribution in [3.8, 4) is 0 Å². The third-order valence-corrected chi connectivity index (χ3v) is 7.02. The third kappa shape index (κ3) is 3.09. The Morgan fingerprint density at radius 3 is 1.91 bits per heavy atom. The molecule has 0 spiro atoms. The Morgan fingerprint density at radius 2 is 1.12 bits per heavy atom. The van der Waals surface area contributed by atoms with Crippen LogP contribution in [0.25, 0.3) is 54.3 Å². The van der Waals surface area contributed by atoms with Gasteiger partial charge in [0.2, 0.25) is 0 Å². The first-order valence-corrected chi connectivity index (χ1v) is 12.0. The van der Waals surface area contributed by atoms with Crippen LogP contribution in [-0.2, 0) is 6.42 Å². The summed E-state index contributed by atoms with van der Waals surface area (Å²) in [5, 5.41) is 9.77. The van der Waals surface area contributed by atoms with E-state index in [0.29, 0.717) is 0 Å². The highest BCUT2D eigenvalue weighted by Gasteiger charge is 2.13. The molecule has 0 saturated carbocycles. The molecular formula is C30H28O2. The van der Waals surface area contributed by atoms with Crippen LogP contribution >= 0.6 is 0 Å². The topological polar surface area (TPSA) is 26.3 Å². The van der Waals surface area contributed by atoms with Gasteiger partial charge in [0.25, 0.3) is 0 Å². The fraction of sp³-hybridized carbons (Fsp3) is 0.267. The van der Waals surface area contributed by atoms with Crippen molar-refractivity contribution in [1.29, 1.82) is 0 Å². The fourth-order valence-corrected chi connectivity index (χ4v) is 5.30. The molecule has 0 aliphatic rings. The molecule has 2 nitrogen and oxygen atoms in total. The minimum Gasteiger partial charge on any atom is -0.464 e. The molecule has 6 rings (SSSR count). The molecular weight excluding hydrogens is 392 g/mol. The SMILES string of the molecule is CCCCCCCCc1coc2c1ccc1c3ccc4c(ccc5ccoc54)c3ccc12. The van der Waals surface area contributed by atoms with E-state index in [-0.39, 0.29) is 0 Å². The van der Waals surface area contributed by atoms with Crippen molar-refractivity contribution in [1.82, 2.24) is 0 Å². The van der Waals surface area contributed by atoms with Gasteiger partial charge in [-0.15, -0.1) is 0 Å². The number of furan rings is 2. The van der Waals surface area contributed by atoms with E-state index in [1.165, 1.54) is 81.8 Å².